The molecule has 11 nitrogen and oxygen atoms in total. The van der Waals surface area contributed by atoms with Crippen LogP contribution < -0.4 is 0 Å². The lowest BCUT2D eigenvalue weighted by Crippen LogP contribution is -2.46. The molecular weight excluding hydrogens is 636 g/mol. The third-order valence-electron chi connectivity index (χ3n) is 8.72. The summed E-state index contributed by atoms with van der Waals surface area (Å²) in [5, 5.41) is 0.830. The molecule has 1 fully saturated rings. The molecular formula is C39H46N4O7. The summed E-state index contributed by atoms with van der Waals surface area (Å²) in [5.41, 5.74) is 5.68. The number of aryl methyl sites for hydroxylation is 1. The van der Waals surface area contributed by atoms with Crippen molar-refractivity contribution < 1.29 is 33.3 Å². The number of carbonyl (C=O) groups is 3. The molecule has 2 aromatic heterocycles. The van der Waals surface area contributed by atoms with E-state index in [-0.39, 0.29) is 13.2 Å². The molecule has 1 atom stereocenters. The van der Waals surface area contributed by atoms with Crippen molar-refractivity contribution in [2.75, 3.05) is 26.3 Å². The van der Waals surface area contributed by atoms with Crippen molar-refractivity contribution in [3.8, 4) is 11.1 Å². The molecule has 0 saturated carbocycles. The molecule has 0 radical (unpaired) electrons. The molecule has 11 heteroatoms. The molecule has 2 aliphatic rings. The minimum Gasteiger partial charge on any atom is -0.445 e. The predicted molar refractivity (Wildman–Crippen MR) is 189 cm³/mol. The first-order valence-electron chi connectivity index (χ1n) is 17.1. The number of hydrogen-bond donors (Lipinski definition) is 0. The normalized spacial score (nSPS) is 16.6. The monoisotopic (exact) mass is 682 g/mol. The van der Waals surface area contributed by atoms with Gasteiger partial charge in [-0.15, -0.1) is 0 Å². The first kappa shape index (κ1) is 34.9. The molecule has 264 valence electrons. The minimum absolute atomic E-state index is 0.183. The first-order valence-corrected chi connectivity index (χ1v) is 17.1. The Morgan fingerprint density at radius 3 is 2.34 bits per heavy atom. The largest absolute Gasteiger partial charge is 0.445 e. The van der Waals surface area contributed by atoms with Crippen molar-refractivity contribution in [1.29, 1.82) is 0 Å². The second-order valence-electron chi connectivity index (χ2n) is 14.9. The van der Waals surface area contributed by atoms with Crippen LogP contribution in [0, 0.1) is 6.92 Å². The van der Waals surface area contributed by atoms with E-state index in [9.17, 15) is 14.4 Å². The zero-order valence-corrected chi connectivity index (χ0v) is 29.9. The Morgan fingerprint density at radius 1 is 0.900 bits per heavy atom. The van der Waals surface area contributed by atoms with Crippen LogP contribution in [-0.4, -0.2) is 75.1 Å². The SMILES string of the molecule is Cc1cn(C(=O)OC(C)(C)C)c2ncc(-c3cc4c(c([C@@H]5COCCN5C(=O)OC(C)(C)C)c3)CN(C(=O)OCc3ccccc3)CC4)cc12. The summed E-state index contributed by atoms with van der Waals surface area (Å²) in [5.74, 6) is 0. The Balaban J connectivity index is 1.38. The van der Waals surface area contributed by atoms with E-state index in [0.29, 0.717) is 38.3 Å². The molecule has 0 bridgehead atoms. The van der Waals surface area contributed by atoms with E-state index in [0.717, 1.165) is 44.3 Å². The molecule has 2 amide bonds. The van der Waals surface area contributed by atoms with Crippen LogP contribution in [0.15, 0.2) is 60.9 Å². The second kappa shape index (κ2) is 13.8. The molecule has 2 aliphatic heterocycles. The molecule has 4 heterocycles. The summed E-state index contributed by atoms with van der Waals surface area (Å²) in [6.07, 6.45) is 2.81. The number of hydrogen-bond acceptors (Lipinski definition) is 8. The van der Waals surface area contributed by atoms with E-state index >= 15 is 0 Å². The van der Waals surface area contributed by atoms with E-state index < -0.39 is 35.5 Å². The lowest BCUT2D eigenvalue weighted by Gasteiger charge is -2.39. The highest BCUT2D eigenvalue weighted by Crippen LogP contribution is 2.38. The number of carbonyl (C=O) groups excluding carboxylic acids is 3. The van der Waals surface area contributed by atoms with Gasteiger partial charge in [-0.25, -0.2) is 23.9 Å². The maximum atomic E-state index is 13.6. The van der Waals surface area contributed by atoms with Gasteiger partial charge >= 0.3 is 18.3 Å². The quantitative estimate of drug-likeness (QED) is 0.201. The van der Waals surface area contributed by atoms with Crippen LogP contribution in [0.25, 0.3) is 22.2 Å². The van der Waals surface area contributed by atoms with Gasteiger partial charge in [-0.2, -0.15) is 0 Å². The number of pyridine rings is 1. The molecule has 6 rings (SSSR count). The summed E-state index contributed by atoms with van der Waals surface area (Å²) in [6.45, 7) is 15.0. The summed E-state index contributed by atoms with van der Waals surface area (Å²) in [6, 6.07) is 15.4. The van der Waals surface area contributed by atoms with Crippen LogP contribution in [0.5, 0.6) is 0 Å². The topological polar surface area (TPSA) is 112 Å². The summed E-state index contributed by atoms with van der Waals surface area (Å²) < 4.78 is 24.6. The van der Waals surface area contributed by atoms with E-state index in [4.69, 9.17) is 23.9 Å². The van der Waals surface area contributed by atoms with Gasteiger partial charge in [0.25, 0.3) is 0 Å². The zero-order valence-electron chi connectivity index (χ0n) is 29.9. The Labute approximate surface area is 293 Å². The Kier molecular flexibility index (Phi) is 9.63. The molecule has 0 aliphatic carbocycles. The average Bonchev–Trinajstić information content (AvgIpc) is 3.41. The number of aromatic nitrogens is 2. The Morgan fingerprint density at radius 2 is 1.62 bits per heavy atom. The minimum atomic E-state index is -0.671. The number of benzene rings is 2. The van der Waals surface area contributed by atoms with Crippen LogP contribution in [0.2, 0.25) is 0 Å². The number of nitrogens with zero attached hydrogens (tertiary/aromatic N) is 4. The molecule has 50 heavy (non-hydrogen) atoms. The zero-order chi connectivity index (χ0) is 35.8. The van der Waals surface area contributed by atoms with Gasteiger partial charge in [0.15, 0.2) is 0 Å². The maximum Gasteiger partial charge on any atom is 0.420 e. The average molecular weight is 683 g/mol. The molecule has 4 aromatic rings. The van der Waals surface area contributed by atoms with Crippen molar-refractivity contribution in [2.45, 2.75) is 85.3 Å². The van der Waals surface area contributed by atoms with Crippen LogP contribution in [-0.2, 0) is 38.5 Å². The Bertz CT molecular complexity index is 1910. The number of morpholine rings is 1. The fraction of sp³-hybridized carbons (Fsp3) is 0.436. The second-order valence-corrected chi connectivity index (χ2v) is 14.9. The van der Waals surface area contributed by atoms with Gasteiger partial charge in [0, 0.05) is 43.0 Å². The fourth-order valence-corrected chi connectivity index (χ4v) is 6.40. The molecule has 0 N–H and O–H groups in total. The molecule has 0 spiro atoms. The van der Waals surface area contributed by atoms with Crippen LogP contribution in [0.4, 0.5) is 14.4 Å². The Hall–Kier alpha value is -4.90. The number of fused-ring (bicyclic) bond motifs is 2. The predicted octanol–water partition coefficient (Wildman–Crippen LogP) is 7.80. The van der Waals surface area contributed by atoms with Crippen molar-refractivity contribution in [3.63, 3.8) is 0 Å². The number of rotatable bonds is 4. The lowest BCUT2D eigenvalue weighted by atomic mass is 9.87. The first-order chi connectivity index (χ1) is 23.7. The van der Waals surface area contributed by atoms with Gasteiger partial charge in [0.05, 0.1) is 19.3 Å². The van der Waals surface area contributed by atoms with Gasteiger partial charge in [0.2, 0.25) is 0 Å². The third-order valence-corrected chi connectivity index (χ3v) is 8.72. The summed E-state index contributed by atoms with van der Waals surface area (Å²) >= 11 is 0. The number of amides is 2. The van der Waals surface area contributed by atoms with E-state index in [1.165, 1.54) is 4.57 Å². The smallest absolute Gasteiger partial charge is 0.420 e. The van der Waals surface area contributed by atoms with Gasteiger partial charge in [0.1, 0.15) is 23.5 Å². The highest BCUT2D eigenvalue weighted by atomic mass is 16.6. The van der Waals surface area contributed by atoms with Crippen LogP contribution in [0.3, 0.4) is 0 Å². The standard InChI is InChI=1S/C39H46N4O7/c1-25-21-43(37(46)50-39(5,6)7)34-30(25)19-29(20-40-34)28-17-27-13-14-41(35(44)48-23-26-11-9-8-10-12-26)22-32(27)31(18-28)33-24-47-16-15-42(33)36(45)49-38(2,3)4/h8-12,17-21,33H,13-16,22-24H2,1-7H3/t33-/m0/s1. The highest BCUT2D eigenvalue weighted by Gasteiger charge is 2.36. The van der Waals surface area contributed by atoms with Crippen molar-refractivity contribution in [2.24, 2.45) is 0 Å². The molecule has 2 aromatic carbocycles. The third kappa shape index (κ3) is 7.78. The molecule has 1 saturated heterocycles. The van der Waals surface area contributed by atoms with Gasteiger partial charge in [-0.3, -0.25) is 4.90 Å². The van der Waals surface area contributed by atoms with Gasteiger partial charge in [-0.05, 0) is 100 Å². The van der Waals surface area contributed by atoms with Crippen LogP contribution >= 0.6 is 0 Å². The maximum absolute atomic E-state index is 13.6. The van der Waals surface area contributed by atoms with Crippen molar-refractivity contribution in [1.82, 2.24) is 19.4 Å². The van der Waals surface area contributed by atoms with Gasteiger partial charge in [-0.1, -0.05) is 36.4 Å². The highest BCUT2D eigenvalue weighted by molar-refractivity contribution is 5.92. The van der Waals surface area contributed by atoms with E-state index in [2.05, 4.69) is 12.1 Å². The van der Waals surface area contributed by atoms with E-state index in [1.54, 1.807) is 22.2 Å². The van der Waals surface area contributed by atoms with Crippen molar-refractivity contribution in [3.05, 3.63) is 88.7 Å². The molecule has 0 unspecified atom stereocenters. The summed E-state index contributed by atoms with van der Waals surface area (Å²) in [7, 11) is 0. The lowest BCUT2D eigenvalue weighted by molar-refractivity contribution is -0.0334. The number of ether oxygens (including phenoxy) is 4. The fourth-order valence-electron chi connectivity index (χ4n) is 6.40. The van der Waals surface area contributed by atoms with Crippen molar-refractivity contribution >= 4 is 29.3 Å². The summed E-state index contributed by atoms with van der Waals surface area (Å²) in [4.78, 5) is 48.0. The van der Waals surface area contributed by atoms with Crippen LogP contribution in [0.1, 0.15) is 75.4 Å². The van der Waals surface area contributed by atoms with E-state index in [1.807, 2.05) is 84.9 Å². The van der Waals surface area contributed by atoms with Gasteiger partial charge < -0.3 is 23.8 Å².